The topological polar surface area (TPSA) is 59.1 Å². The molecule has 2 aromatic rings. The van der Waals surface area contributed by atoms with E-state index in [4.69, 9.17) is 9.47 Å². The molecule has 158 valence electrons. The van der Waals surface area contributed by atoms with E-state index in [0.717, 1.165) is 19.5 Å². The molecule has 0 radical (unpaired) electrons. The largest absolute Gasteiger partial charge is 0.490 e. The predicted molar refractivity (Wildman–Crippen MR) is 116 cm³/mol. The maximum Gasteiger partial charge on any atom is 0.223 e. The molecule has 0 aliphatic carbocycles. The predicted octanol–water partition coefficient (Wildman–Crippen LogP) is 3.47. The summed E-state index contributed by atoms with van der Waals surface area (Å²) in [6.45, 7) is 6.30. The lowest BCUT2D eigenvalue weighted by molar-refractivity contribution is -0.131. The molecule has 2 heterocycles. The number of hydrogen-bond donors (Lipinski definition) is 0. The zero-order valence-corrected chi connectivity index (χ0v) is 17.4. The molecular formula is C24H28N2O4. The molecule has 0 atom stereocenters. The third kappa shape index (κ3) is 4.58. The highest BCUT2D eigenvalue weighted by Gasteiger charge is 2.23. The summed E-state index contributed by atoms with van der Waals surface area (Å²) in [5.74, 6) is 1.28. The molecule has 2 aliphatic heterocycles. The average molecular weight is 408 g/mol. The van der Waals surface area contributed by atoms with Gasteiger partial charge in [0.05, 0.1) is 13.2 Å². The van der Waals surface area contributed by atoms with E-state index in [1.165, 1.54) is 11.3 Å². The molecule has 0 unspecified atom stereocenters. The molecule has 0 bridgehead atoms. The van der Waals surface area contributed by atoms with Gasteiger partial charge in [-0.3, -0.25) is 9.59 Å². The molecule has 6 heteroatoms. The number of benzene rings is 2. The molecule has 1 amide bonds. The number of rotatable bonds is 5. The van der Waals surface area contributed by atoms with Gasteiger partial charge in [-0.25, -0.2) is 0 Å². The Morgan fingerprint density at radius 1 is 0.900 bits per heavy atom. The van der Waals surface area contributed by atoms with Crippen LogP contribution in [0.3, 0.4) is 0 Å². The monoisotopic (exact) mass is 408 g/mol. The van der Waals surface area contributed by atoms with Crippen molar-refractivity contribution in [2.45, 2.75) is 26.2 Å². The average Bonchev–Trinajstić information content (AvgIpc) is 3.02. The number of aryl methyl sites for hydroxylation is 1. The number of para-hydroxylation sites is 1. The molecule has 2 aromatic carbocycles. The maximum absolute atomic E-state index is 12.6. The molecule has 0 spiro atoms. The summed E-state index contributed by atoms with van der Waals surface area (Å²) in [4.78, 5) is 29.4. The van der Waals surface area contributed by atoms with E-state index in [1.807, 2.05) is 17.0 Å². The molecule has 0 saturated carbocycles. The van der Waals surface area contributed by atoms with E-state index in [-0.39, 0.29) is 24.5 Å². The highest BCUT2D eigenvalue weighted by Crippen LogP contribution is 2.31. The lowest BCUT2D eigenvalue weighted by Crippen LogP contribution is -2.49. The number of hydrogen-bond acceptors (Lipinski definition) is 5. The summed E-state index contributed by atoms with van der Waals surface area (Å²) >= 11 is 0. The van der Waals surface area contributed by atoms with E-state index in [0.29, 0.717) is 43.4 Å². The van der Waals surface area contributed by atoms with Gasteiger partial charge in [0.1, 0.15) is 0 Å². The number of piperazine rings is 1. The minimum atomic E-state index is -0.0439. The van der Waals surface area contributed by atoms with Gasteiger partial charge in [0.2, 0.25) is 5.91 Å². The van der Waals surface area contributed by atoms with Crippen molar-refractivity contribution < 1.29 is 19.1 Å². The van der Waals surface area contributed by atoms with Crippen molar-refractivity contribution in [1.29, 1.82) is 0 Å². The van der Waals surface area contributed by atoms with Crippen LogP contribution in [-0.2, 0) is 4.79 Å². The fourth-order valence-corrected chi connectivity index (χ4v) is 3.97. The van der Waals surface area contributed by atoms with Crippen molar-refractivity contribution in [1.82, 2.24) is 4.90 Å². The number of Topliss-reactive ketones (excluding diaryl/α,β-unsaturated/α-hetero) is 1. The van der Waals surface area contributed by atoms with Gasteiger partial charge in [-0.05, 0) is 36.8 Å². The van der Waals surface area contributed by atoms with Crippen LogP contribution in [0.25, 0.3) is 0 Å². The zero-order chi connectivity index (χ0) is 20.9. The fourth-order valence-electron chi connectivity index (χ4n) is 3.97. The van der Waals surface area contributed by atoms with E-state index in [1.54, 1.807) is 18.2 Å². The number of carbonyl (C=O) groups excluding carboxylic acids is 2. The summed E-state index contributed by atoms with van der Waals surface area (Å²) in [5, 5.41) is 0. The van der Waals surface area contributed by atoms with Gasteiger partial charge >= 0.3 is 0 Å². The summed E-state index contributed by atoms with van der Waals surface area (Å²) < 4.78 is 11.3. The molecule has 1 saturated heterocycles. The first-order valence-electron chi connectivity index (χ1n) is 10.6. The van der Waals surface area contributed by atoms with Crippen LogP contribution in [0.4, 0.5) is 5.69 Å². The molecule has 0 aromatic heterocycles. The summed E-state index contributed by atoms with van der Waals surface area (Å²) in [6.07, 6.45) is 1.26. The lowest BCUT2D eigenvalue weighted by atomic mass is 10.1. The van der Waals surface area contributed by atoms with Crippen molar-refractivity contribution in [3.8, 4) is 11.5 Å². The van der Waals surface area contributed by atoms with Gasteiger partial charge in [-0.15, -0.1) is 0 Å². The molecule has 4 rings (SSSR count). The van der Waals surface area contributed by atoms with Crippen LogP contribution in [0.15, 0.2) is 42.5 Å². The summed E-state index contributed by atoms with van der Waals surface area (Å²) in [6, 6.07) is 13.6. The van der Waals surface area contributed by atoms with Crippen LogP contribution in [0, 0.1) is 6.92 Å². The van der Waals surface area contributed by atoms with Gasteiger partial charge in [-0.2, -0.15) is 0 Å². The Labute approximate surface area is 177 Å². The molecule has 2 aliphatic rings. The van der Waals surface area contributed by atoms with Crippen molar-refractivity contribution >= 4 is 17.4 Å². The second-order valence-electron chi connectivity index (χ2n) is 7.79. The first-order chi connectivity index (χ1) is 14.6. The number of anilines is 1. The van der Waals surface area contributed by atoms with Gasteiger partial charge in [0.25, 0.3) is 0 Å². The minimum absolute atomic E-state index is 0.0436. The van der Waals surface area contributed by atoms with Gasteiger partial charge < -0.3 is 19.3 Å². The number of ether oxygens (including phenoxy) is 2. The first kappa shape index (κ1) is 20.3. The minimum Gasteiger partial charge on any atom is -0.490 e. The SMILES string of the molecule is Cc1ccccc1N1CCN(C(=O)CCC(=O)c2ccc3c(c2)OCCCO3)CC1. The molecular weight excluding hydrogens is 380 g/mol. The van der Waals surface area contributed by atoms with Crippen LogP contribution in [0.2, 0.25) is 0 Å². The second kappa shape index (κ2) is 9.20. The van der Waals surface area contributed by atoms with E-state index in [9.17, 15) is 9.59 Å². The van der Waals surface area contributed by atoms with Crippen LogP contribution in [-0.4, -0.2) is 56.0 Å². The number of carbonyl (C=O) groups is 2. The number of ketones is 1. The third-order valence-electron chi connectivity index (χ3n) is 5.72. The Bertz CT molecular complexity index is 919. The normalized spacial score (nSPS) is 16.2. The summed E-state index contributed by atoms with van der Waals surface area (Å²) in [7, 11) is 0. The van der Waals surface area contributed by atoms with Crippen molar-refractivity contribution in [2.75, 3.05) is 44.3 Å². The second-order valence-corrected chi connectivity index (χ2v) is 7.79. The Balaban J connectivity index is 1.28. The van der Waals surface area contributed by atoms with Gasteiger partial charge in [0.15, 0.2) is 17.3 Å². The van der Waals surface area contributed by atoms with Crippen LogP contribution < -0.4 is 14.4 Å². The third-order valence-corrected chi connectivity index (χ3v) is 5.72. The smallest absolute Gasteiger partial charge is 0.223 e. The lowest BCUT2D eigenvalue weighted by Gasteiger charge is -2.36. The molecule has 6 nitrogen and oxygen atoms in total. The zero-order valence-electron chi connectivity index (χ0n) is 17.4. The highest BCUT2D eigenvalue weighted by molar-refractivity contribution is 5.98. The molecule has 30 heavy (non-hydrogen) atoms. The van der Waals surface area contributed by atoms with Crippen LogP contribution >= 0.6 is 0 Å². The Hall–Kier alpha value is -3.02. The van der Waals surface area contributed by atoms with Gasteiger partial charge in [0, 0.05) is 56.7 Å². The Morgan fingerprint density at radius 3 is 2.40 bits per heavy atom. The van der Waals surface area contributed by atoms with E-state index >= 15 is 0 Å². The van der Waals surface area contributed by atoms with Crippen LogP contribution in [0.1, 0.15) is 35.2 Å². The maximum atomic E-state index is 12.6. The number of nitrogens with zero attached hydrogens (tertiary/aromatic N) is 2. The summed E-state index contributed by atoms with van der Waals surface area (Å²) in [5.41, 5.74) is 3.05. The standard InChI is InChI=1S/C24H28N2O4/c1-18-5-2-3-6-20(18)25-11-13-26(14-12-25)24(28)10-8-21(27)19-7-9-22-23(17-19)30-16-4-15-29-22/h2-3,5-7,9,17H,4,8,10-16H2,1H3. The van der Waals surface area contributed by atoms with Crippen molar-refractivity contribution in [3.05, 3.63) is 53.6 Å². The fraction of sp³-hybridized carbons (Fsp3) is 0.417. The van der Waals surface area contributed by atoms with Gasteiger partial charge in [-0.1, -0.05) is 18.2 Å². The number of fused-ring (bicyclic) bond motifs is 1. The number of amides is 1. The Kier molecular flexibility index (Phi) is 6.21. The van der Waals surface area contributed by atoms with Crippen LogP contribution in [0.5, 0.6) is 11.5 Å². The van der Waals surface area contributed by atoms with Crippen molar-refractivity contribution in [3.63, 3.8) is 0 Å². The molecule has 0 N–H and O–H groups in total. The van der Waals surface area contributed by atoms with E-state index < -0.39 is 0 Å². The van der Waals surface area contributed by atoms with Crippen molar-refractivity contribution in [2.24, 2.45) is 0 Å². The van der Waals surface area contributed by atoms with E-state index in [2.05, 4.69) is 24.0 Å². The quantitative estimate of drug-likeness (QED) is 0.709. The first-order valence-corrected chi connectivity index (χ1v) is 10.6. The molecule has 1 fully saturated rings. The Morgan fingerprint density at radius 2 is 1.63 bits per heavy atom. The highest BCUT2D eigenvalue weighted by atomic mass is 16.5.